The first kappa shape index (κ1) is 15.2. The molecule has 0 saturated heterocycles. The Kier molecular flexibility index (Phi) is 5.07. The molecule has 0 saturated carbocycles. The smallest absolute Gasteiger partial charge is 0.227 e. The van der Waals surface area contributed by atoms with E-state index in [0.717, 1.165) is 12.8 Å². The van der Waals surface area contributed by atoms with Crippen LogP contribution in [-0.4, -0.2) is 35.3 Å². The molecule has 0 atom stereocenters. The molecule has 6 heteroatoms. The molecule has 3 N–H and O–H groups in total. The van der Waals surface area contributed by atoms with Crippen LogP contribution in [-0.2, 0) is 0 Å². The standard InChI is InChI=1S/C13H21N5O/c1-4-13(5-2,9-19)8-18(3)12-16-7-10(6-14)11(15)17-12/h7,19H,4-5,8-9H2,1-3H3,(H2,15,16,17). The summed E-state index contributed by atoms with van der Waals surface area (Å²) in [6, 6.07) is 1.93. The van der Waals surface area contributed by atoms with Gasteiger partial charge in [-0.1, -0.05) is 13.8 Å². The maximum Gasteiger partial charge on any atom is 0.227 e. The third-order valence-corrected chi connectivity index (χ3v) is 3.68. The van der Waals surface area contributed by atoms with Gasteiger partial charge in [0.1, 0.15) is 17.5 Å². The predicted molar refractivity (Wildman–Crippen MR) is 74.5 cm³/mol. The van der Waals surface area contributed by atoms with Crippen molar-refractivity contribution in [3.8, 4) is 6.07 Å². The van der Waals surface area contributed by atoms with Gasteiger partial charge in [0.2, 0.25) is 5.95 Å². The van der Waals surface area contributed by atoms with Gasteiger partial charge in [-0.15, -0.1) is 0 Å². The minimum absolute atomic E-state index is 0.121. The molecular formula is C13H21N5O. The van der Waals surface area contributed by atoms with E-state index < -0.39 is 0 Å². The molecule has 1 rings (SSSR count). The van der Waals surface area contributed by atoms with E-state index in [1.165, 1.54) is 6.20 Å². The topological polar surface area (TPSA) is 99.1 Å². The van der Waals surface area contributed by atoms with Crippen LogP contribution in [0.15, 0.2) is 6.20 Å². The summed E-state index contributed by atoms with van der Waals surface area (Å²) in [4.78, 5) is 10.1. The number of aliphatic hydroxyl groups excluding tert-OH is 1. The van der Waals surface area contributed by atoms with Gasteiger partial charge >= 0.3 is 0 Å². The molecule has 0 aliphatic carbocycles. The number of aliphatic hydroxyl groups is 1. The van der Waals surface area contributed by atoms with Crippen LogP contribution in [0, 0.1) is 16.7 Å². The molecule has 0 bridgehead atoms. The van der Waals surface area contributed by atoms with Crippen molar-refractivity contribution in [1.82, 2.24) is 9.97 Å². The van der Waals surface area contributed by atoms with E-state index >= 15 is 0 Å². The van der Waals surface area contributed by atoms with E-state index in [-0.39, 0.29) is 23.4 Å². The van der Waals surface area contributed by atoms with E-state index in [9.17, 15) is 5.11 Å². The van der Waals surface area contributed by atoms with Crippen molar-refractivity contribution in [2.24, 2.45) is 5.41 Å². The zero-order valence-corrected chi connectivity index (χ0v) is 11.7. The SMILES string of the molecule is CCC(CC)(CO)CN(C)c1ncc(C#N)c(N)n1. The normalized spacial score (nSPS) is 11.1. The van der Waals surface area contributed by atoms with E-state index in [2.05, 4.69) is 23.8 Å². The Hall–Kier alpha value is -1.87. The van der Waals surface area contributed by atoms with Gasteiger partial charge < -0.3 is 15.7 Å². The van der Waals surface area contributed by atoms with Gasteiger partial charge in [-0.3, -0.25) is 0 Å². The van der Waals surface area contributed by atoms with E-state index in [4.69, 9.17) is 11.0 Å². The lowest BCUT2D eigenvalue weighted by molar-refractivity contribution is 0.121. The highest BCUT2D eigenvalue weighted by Crippen LogP contribution is 2.27. The number of nitrogen functional groups attached to an aromatic ring is 1. The fourth-order valence-corrected chi connectivity index (χ4v) is 1.98. The Bertz CT molecular complexity index is 456. The average Bonchev–Trinajstić information content (AvgIpc) is 2.44. The molecular weight excluding hydrogens is 242 g/mol. The third-order valence-electron chi connectivity index (χ3n) is 3.68. The molecule has 6 nitrogen and oxygen atoms in total. The Morgan fingerprint density at radius 1 is 1.47 bits per heavy atom. The van der Waals surface area contributed by atoms with Crippen LogP contribution in [0.4, 0.5) is 11.8 Å². The van der Waals surface area contributed by atoms with Crippen LogP contribution >= 0.6 is 0 Å². The second kappa shape index (κ2) is 6.34. The highest BCUT2D eigenvalue weighted by Gasteiger charge is 2.27. The van der Waals surface area contributed by atoms with Crippen LogP contribution in [0.3, 0.4) is 0 Å². The quantitative estimate of drug-likeness (QED) is 0.799. The molecule has 0 fully saturated rings. The number of nitriles is 1. The summed E-state index contributed by atoms with van der Waals surface area (Å²) < 4.78 is 0. The summed E-state index contributed by atoms with van der Waals surface area (Å²) >= 11 is 0. The zero-order chi connectivity index (χ0) is 14.5. The first-order valence-electron chi connectivity index (χ1n) is 6.36. The summed E-state index contributed by atoms with van der Waals surface area (Å²) in [7, 11) is 1.86. The molecule has 1 aromatic heterocycles. The largest absolute Gasteiger partial charge is 0.396 e. The molecule has 0 unspecified atom stereocenters. The highest BCUT2D eigenvalue weighted by molar-refractivity contribution is 5.50. The zero-order valence-electron chi connectivity index (χ0n) is 11.7. The minimum atomic E-state index is -0.166. The maximum absolute atomic E-state index is 9.57. The number of anilines is 2. The van der Waals surface area contributed by atoms with Crippen LogP contribution in [0.1, 0.15) is 32.3 Å². The summed E-state index contributed by atoms with van der Waals surface area (Å²) in [6.45, 7) is 4.88. The van der Waals surface area contributed by atoms with Crippen molar-refractivity contribution in [2.75, 3.05) is 30.8 Å². The molecule has 0 aromatic carbocycles. The van der Waals surface area contributed by atoms with Gasteiger partial charge in [0.25, 0.3) is 0 Å². The van der Waals surface area contributed by atoms with E-state index in [0.29, 0.717) is 12.5 Å². The Morgan fingerprint density at radius 2 is 2.11 bits per heavy atom. The Balaban J connectivity index is 2.92. The Labute approximate surface area is 113 Å². The minimum Gasteiger partial charge on any atom is -0.396 e. The molecule has 0 spiro atoms. The van der Waals surface area contributed by atoms with Crippen molar-refractivity contribution in [3.05, 3.63) is 11.8 Å². The van der Waals surface area contributed by atoms with Crippen molar-refractivity contribution in [1.29, 1.82) is 5.26 Å². The fourth-order valence-electron chi connectivity index (χ4n) is 1.98. The lowest BCUT2D eigenvalue weighted by atomic mass is 9.83. The molecule has 1 heterocycles. The number of hydrogen-bond donors (Lipinski definition) is 2. The fraction of sp³-hybridized carbons (Fsp3) is 0.615. The molecule has 0 radical (unpaired) electrons. The summed E-state index contributed by atoms with van der Waals surface area (Å²) in [5.74, 6) is 0.651. The predicted octanol–water partition coefficient (Wildman–Crippen LogP) is 1.17. The van der Waals surface area contributed by atoms with Crippen molar-refractivity contribution < 1.29 is 5.11 Å². The number of nitrogens with two attached hydrogens (primary N) is 1. The van der Waals surface area contributed by atoms with Gasteiger partial charge in [0.15, 0.2) is 0 Å². The first-order chi connectivity index (χ1) is 9.01. The molecule has 0 aliphatic rings. The number of hydrogen-bond acceptors (Lipinski definition) is 6. The average molecular weight is 263 g/mol. The van der Waals surface area contributed by atoms with Gasteiger partial charge in [-0.25, -0.2) is 4.98 Å². The second-order valence-electron chi connectivity index (χ2n) is 4.80. The summed E-state index contributed by atoms with van der Waals surface area (Å²) in [5, 5.41) is 18.4. The molecule has 104 valence electrons. The maximum atomic E-state index is 9.57. The number of nitrogens with zero attached hydrogens (tertiary/aromatic N) is 4. The van der Waals surface area contributed by atoms with Crippen molar-refractivity contribution in [2.45, 2.75) is 26.7 Å². The van der Waals surface area contributed by atoms with Crippen LogP contribution in [0.25, 0.3) is 0 Å². The molecule has 0 aliphatic heterocycles. The molecule has 0 amide bonds. The van der Waals surface area contributed by atoms with Crippen LogP contribution in [0.2, 0.25) is 0 Å². The van der Waals surface area contributed by atoms with Gasteiger partial charge in [0, 0.05) is 19.0 Å². The number of rotatable bonds is 6. The highest BCUT2D eigenvalue weighted by atomic mass is 16.3. The lowest BCUT2D eigenvalue weighted by Crippen LogP contribution is -2.38. The molecule has 19 heavy (non-hydrogen) atoms. The number of aromatic nitrogens is 2. The second-order valence-corrected chi connectivity index (χ2v) is 4.80. The van der Waals surface area contributed by atoms with Gasteiger partial charge in [-0.05, 0) is 12.8 Å². The van der Waals surface area contributed by atoms with E-state index in [1.54, 1.807) is 0 Å². The van der Waals surface area contributed by atoms with Gasteiger partial charge in [-0.2, -0.15) is 10.2 Å². The van der Waals surface area contributed by atoms with Crippen molar-refractivity contribution >= 4 is 11.8 Å². The summed E-state index contributed by atoms with van der Waals surface area (Å²) in [6.07, 6.45) is 3.17. The lowest BCUT2D eigenvalue weighted by Gasteiger charge is -2.34. The van der Waals surface area contributed by atoms with Crippen LogP contribution in [0.5, 0.6) is 0 Å². The summed E-state index contributed by atoms with van der Waals surface area (Å²) in [5.41, 5.74) is 5.79. The Morgan fingerprint density at radius 3 is 2.53 bits per heavy atom. The van der Waals surface area contributed by atoms with Crippen molar-refractivity contribution in [3.63, 3.8) is 0 Å². The van der Waals surface area contributed by atoms with Crippen LogP contribution < -0.4 is 10.6 Å². The van der Waals surface area contributed by atoms with Gasteiger partial charge in [0.05, 0.1) is 12.8 Å². The monoisotopic (exact) mass is 263 g/mol. The van der Waals surface area contributed by atoms with E-state index in [1.807, 2.05) is 18.0 Å². The molecule has 1 aromatic rings. The first-order valence-corrected chi connectivity index (χ1v) is 6.36. The third kappa shape index (κ3) is 3.32.